The molecule has 5 heteroatoms. The minimum atomic E-state index is 0.636. The molecule has 96 valence electrons. The van der Waals surface area contributed by atoms with Crippen LogP contribution in [0.2, 0.25) is 0 Å². The molecule has 0 aliphatic heterocycles. The van der Waals surface area contributed by atoms with Crippen LogP contribution in [0.3, 0.4) is 0 Å². The molecule has 19 heavy (non-hydrogen) atoms. The fourth-order valence-corrected chi connectivity index (χ4v) is 1.99. The Balaban J connectivity index is 1.88. The lowest BCUT2D eigenvalue weighted by atomic mass is 10.3. The molecule has 0 amide bonds. The average molecular weight is 253 g/mol. The molecule has 2 aromatic heterocycles. The molecule has 0 saturated heterocycles. The van der Waals surface area contributed by atoms with Crippen LogP contribution in [0.5, 0.6) is 0 Å². The van der Waals surface area contributed by atoms with Crippen LogP contribution < -0.4 is 5.32 Å². The van der Waals surface area contributed by atoms with E-state index in [0.29, 0.717) is 6.54 Å². The number of fused-ring (bicyclic) bond motifs is 1. The molecule has 5 nitrogen and oxygen atoms in total. The summed E-state index contributed by atoms with van der Waals surface area (Å²) in [6.07, 6.45) is 3.71. The van der Waals surface area contributed by atoms with E-state index in [1.807, 2.05) is 49.0 Å². The first-order valence-electron chi connectivity index (χ1n) is 6.17. The maximum absolute atomic E-state index is 4.59. The van der Waals surface area contributed by atoms with Crippen molar-refractivity contribution >= 4 is 16.9 Å². The molecule has 3 rings (SSSR count). The number of anilines is 1. The van der Waals surface area contributed by atoms with Crippen molar-refractivity contribution in [3.8, 4) is 0 Å². The van der Waals surface area contributed by atoms with Crippen molar-refractivity contribution < 1.29 is 0 Å². The number of aryl methyl sites for hydroxylation is 2. The van der Waals surface area contributed by atoms with Crippen LogP contribution in [0.15, 0.2) is 36.7 Å². The predicted octanol–water partition coefficient (Wildman–Crippen LogP) is 2.28. The highest BCUT2D eigenvalue weighted by Gasteiger charge is 2.05. The normalized spacial score (nSPS) is 10.8. The van der Waals surface area contributed by atoms with Gasteiger partial charge in [-0.15, -0.1) is 0 Å². The molecule has 1 N–H and O–H groups in total. The average Bonchev–Trinajstić information content (AvgIpc) is 2.82. The van der Waals surface area contributed by atoms with Crippen molar-refractivity contribution in [1.82, 2.24) is 19.5 Å². The highest BCUT2D eigenvalue weighted by Crippen LogP contribution is 2.16. The number of nitrogens with zero attached hydrogens (tertiary/aromatic N) is 4. The number of nitrogens with one attached hydrogen (secondary N) is 1. The van der Waals surface area contributed by atoms with E-state index in [4.69, 9.17) is 0 Å². The van der Waals surface area contributed by atoms with Crippen LogP contribution in [0.4, 0.5) is 5.82 Å². The SMILES string of the molecule is Cc1nc2ccccc2nc1NCc1nccn1C. The Hall–Kier alpha value is -2.43. The fraction of sp³-hybridized carbons (Fsp3) is 0.214. The zero-order valence-electron chi connectivity index (χ0n) is 11.0. The molecule has 2 heterocycles. The van der Waals surface area contributed by atoms with E-state index in [2.05, 4.69) is 20.3 Å². The minimum absolute atomic E-state index is 0.636. The highest BCUT2D eigenvalue weighted by atomic mass is 15.1. The van der Waals surface area contributed by atoms with Gasteiger partial charge in [0.2, 0.25) is 0 Å². The maximum Gasteiger partial charge on any atom is 0.148 e. The highest BCUT2D eigenvalue weighted by molar-refractivity contribution is 5.76. The van der Waals surface area contributed by atoms with E-state index in [9.17, 15) is 0 Å². The Morgan fingerprint density at radius 3 is 2.58 bits per heavy atom. The van der Waals surface area contributed by atoms with Gasteiger partial charge in [0.15, 0.2) is 0 Å². The van der Waals surface area contributed by atoms with Crippen molar-refractivity contribution in [2.75, 3.05) is 5.32 Å². The Labute approximate surface area is 111 Å². The molecule has 0 aliphatic rings. The van der Waals surface area contributed by atoms with Gasteiger partial charge >= 0.3 is 0 Å². The molecular formula is C14H15N5. The van der Waals surface area contributed by atoms with Crippen molar-refractivity contribution in [2.24, 2.45) is 7.05 Å². The van der Waals surface area contributed by atoms with Crippen molar-refractivity contribution in [1.29, 1.82) is 0 Å². The van der Waals surface area contributed by atoms with E-state index in [-0.39, 0.29) is 0 Å². The molecule has 3 aromatic rings. The number of hydrogen-bond acceptors (Lipinski definition) is 4. The minimum Gasteiger partial charge on any atom is -0.361 e. The maximum atomic E-state index is 4.59. The van der Waals surface area contributed by atoms with E-state index in [1.54, 1.807) is 6.20 Å². The summed E-state index contributed by atoms with van der Waals surface area (Å²) in [7, 11) is 1.98. The van der Waals surface area contributed by atoms with Gasteiger partial charge in [-0.1, -0.05) is 12.1 Å². The lowest BCUT2D eigenvalue weighted by Gasteiger charge is -2.09. The van der Waals surface area contributed by atoms with Gasteiger partial charge in [-0.3, -0.25) is 0 Å². The van der Waals surface area contributed by atoms with Crippen LogP contribution in [-0.2, 0) is 13.6 Å². The third kappa shape index (κ3) is 2.27. The van der Waals surface area contributed by atoms with Crippen LogP contribution in [-0.4, -0.2) is 19.5 Å². The van der Waals surface area contributed by atoms with Crippen molar-refractivity contribution in [2.45, 2.75) is 13.5 Å². The summed E-state index contributed by atoms with van der Waals surface area (Å²) in [6, 6.07) is 7.87. The Bertz CT molecular complexity index is 717. The van der Waals surface area contributed by atoms with Crippen LogP contribution in [0, 0.1) is 6.92 Å². The molecule has 1 aromatic carbocycles. The number of benzene rings is 1. The largest absolute Gasteiger partial charge is 0.361 e. The summed E-state index contributed by atoms with van der Waals surface area (Å²) in [5.74, 6) is 1.77. The molecule has 0 spiro atoms. The van der Waals surface area contributed by atoms with Gasteiger partial charge in [-0.05, 0) is 19.1 Å². The molecule has 0 saturated carbocycles. The number of para-hydroxylation sites is 2. The van der Waals surface area contributed by atoms with E-state index >= 15 is 0 Å². The Morgan fingerprint density at radius 2 is 1.89 bits per heavy atom. The van der Waals surface area contributed by atoms with Gasteiger partial charge < -0.3 is 9.88 Å². The van der Waals surface area contributed by atoms with Crippen molar-refractivity contribution in [3.63, 3.8) is 0 Å². The second-order valence-corrected chi connectivity index (χ2v) is 4.45. The smallest absolute Gasteiger partial charge is 0.148 e. The van der Waals surface area contributed by atoms with Crippen LogP contribution in [0.25, 0.3) is 11.0 Å². The number of imidazole rings is 1. The quantitative estimate of drug-likeness (QED) is 0.778. The third-order valence-electron chi connectivity index (χ3n) is 3.08. The lowest BCUT2D eigenvalue weighted by molar-refractivity contribution is 0.810. The summed E-state index contributed by atoms with van der Waals surface area (Å²) in [6.45, 7) is 2.59. The number of hydrogen-bond donors (Lipinski definition) is 1. The molecule has 0 fully saturated rings. The first-order chi connectivity index (χ1) is 9.24. The zero-order chi connectivity index (χ0) is 13.2. The second-order valence-electron chi connectivity index (χ2n) is 4.45. The summed E-state index contributed by atoms with van der Waals surface area (Å²) in [5.41, 5.74) is 2.71. The topological polar surface area (TPSA) is 55.6 Å². The molecule has 0 aliphatic carbocycles. The van der Waals surface area contributed by atoms with E-state index in [0.717, 1.165) is 28.4 Å². The summed E-state index contributed by atoms with van der Waals surface area (Å²) >= 11 is 0. The van der Waals surface area contributed by atoms with Gasteiger partial charge in [0.05, 0.1) is 23.3 Å². The van der Waals surface area contributed by atoms with Gasteiger partial charge in [0.25, 0.3) is 0 Å². The number of aromatic nitrogens is 4. The van der Waals surface area contributed by atoms with Gasteiger partial charge in [-0.25, -0.2) is 15.0 Å². The van der Waals surface area contributed by atoms with E-state index in [1.165, 1.54) is 0 Å². The van der Waals surface area contributed by atoms with Crippen LogP contribution >= 0.6 is 0 Å². The first kappa shape index (κ1) is 11.6. The Kier molecular flexibility index (Phi) is 2.87. The third-order valence-corrected chi connectivity index (χ3v) is 3.08. The van der Waals surface area contributed by atoms with Gasteiger partial charge in [0, 0.05) is 19.4 Å². The molecule has 0 bridgehead atoms. The predicted molar refractivity (Wildman–Crippen MR) is 74.8 cm³/mol. The number of rotatable bonds is 3. The molecule has 0 radical (unpaired) electrons. The van der Waals surface area contributed by atoms with Gasteiger partial charge in [0.1, 0.15) is 11.6 Å². The second kappa shape index (κ2) is 4.68. The monoisotopic (exact) mass is 253 g/mol. The van der Waals surface area contributed by atoms with Crippen LogP contribution in [0.1, 0.15) is 11.5 Å². The summed E-state index contributed by atoms with van der Waals surface area (Å²) in [4.78, 5) is 13.4. The zero-order valence-corrected chi connectivity index (χ0v) is 11.0. The van der Waals surface area contributed by atoms with Crippen molar-refractivity contribution in [3.05, 3.63) is 48.2 Å². The molecule has 0 unspecified atom stereocenters. The van der Waals surface area contributed by atoms with Gasteiger partial charge in [-0.2, -0.15) is 0 Å². The summed E-state index contributed by atoms with van der Waals surface area (Å²) in [5, 5.41) is 3.29. The molecule has 0 atom stereocenters. The lowest BCUT2D eigenvalue weighted by Crippen LogP contribution is -2.08. The first-order valence-corrected chi connectivity index (χ1v) is 6.17. The standard InChI is InChI=1S/C14H15N5/c1-10-14(16-9-13-15-7-8-19(13)2)18-12-6-4-3-5-11(12)17-10/h3-8H,9H2,1-2H3,(H,16,18). The fourth-order valence-electron chi connectivity index (χ4n) is 1.99. The Morgan fingerprint density at radius 1 is 1.16 bits per heavy atom. The van der Waals surface area contributed by atoms with E-state index < -0.39 is 0 Å². The molecular weight excluding hydrogens is 238 g/mol. The summed E-state index contributed by atoms with van der Waals surface area (Å²) < 4.78 is 1.98.